The van der Waals surface area contributed by atoms with Gasteiger partial charge in [0, 0.05) is 24.3 Å². The molecule has 1 atom stereocenters. The highest BCUT2D eigenvalue weighted by molar-refractivity contribution is 5.54. The fraction of sp³-hybridized carbons (Fsp3) is 0.500. The van der Waals surface area contributed by atoms with Crippen molar-refractivity contribution in [3.63, 3.8) is 0 Å². The summed E-state index contributed by atoms with van der Waals surface area (Å²) < 4.78 is 0. The Bertz CT molecular complexity index is 279. The van der Waals surface area contributed by atoms with Gasteiger partial charge in [-0.2, -0.15) is 0 Å². The average Bonchev–Trinajstić information content (AvgIpc) is 2.20. The maximum absolute atomic E-state index is 9.62. The summed E-state index contributed by atoms with van der Waals surface area (Å²) in [7, 11) is 0. The molecule has 0 aliphatic heterocycles. The molecule has 2 heteroatoms. The van der Waals surface area contributed by atoms with Crippen LogP contribution in [0.25, 0.3) is 0 Å². The number of para-hydroxylation sites is 1. The topological polar surface area (TPSA) is 23.5 Å². The smallest absolute Gasteiger partial charge is 0.0781 e. The van der Waals surface area contributed by atoms with Crippen molar-refractivity contribution in [3.8, 4) is 0 Å². The second-order valence-corrected chi connectivity index (χ2v) is 3.41. The molecule has 0 amide bonds. The molecule has 0 aromatic heterocycles. The normalized spacial score (nSPS) is 12.6. The molecule has 0 aliphatic rings. The van der Waals surface area contributed by atoms with Gasteiger partial charge in [-0.15, -0.1) is 0 Å². The second-order valence-electron chi connectivity index (χ2n) is 3.41. The Kier molecular flexibility index (Phi) is 3.96. The SMILES string of the molecule is CCN(CC)c1ccccc1[C@H](C)O. The van der Waals surface area contributed by atoms with E-state index in [-0.39, 0.29) is 0 Å². The number of benzene rings is 1. The molecular weight excluding hydrogens is 174 g/mol. The highest BCUT2D eigenvalue weighted by atomic mass is 16.3. The first-order valence-corrected chi connectivity index (χ1v) is 5.22. The highest BCUT2D eigenvalue weighted by Crippen LogP contribution is 2.25. The zero-order valence-corrected chi connectivity index (χ0v) is 9.20. The Hall–Kier alpha value is -1.02. The van der Waals surface area contributed by atoms with Crippen molar-refractivity contribution in [2.24, 2.45) is 0 Å². The second kappa shape index (κ2) is 5.01. The van der Waals surface area contributed by atoms with E-state index in [1.807, 2.05) is 25.1 Å². The van der Waals surface area contributed by atoms with Gasteiger partial charge in [-0.25, -0.2) is 0 Å². The van der Waals surface area contributed by atoms with Crippen molar-refractivity contribution in [3.05, 3.63) is 29.8 Å². The van der Waals surface area contributed by atoms with Crippen LogP contribution < -0.4 is 4.90 Å². The number of aliphatic hydroxyl groups is 1. The Labute approximate surface area is 86.2 Å². The van der Waals surface area contributed by atoms with Crippen LogP contribution in [0.2, 0.25) is 0 Å². The fourth-order valence-electron chi connectivity index (χ4n) is 1.69. The van der Waals surface area contributed by atoms with Crippen LogP contribution in [0.3, 0.4) is 0 Å². The average molecular weight is 193 g/mol. The standard InChI is InChI=1S/C12H19NO/c1-4-13(5-2)12-9-7-6-8-11(12)10(3)14/h6-10,14H,4-5H2,1-3H3/t10-/m0/s1. The van der Waals surface area contributed by atoms with Gasteiger partial charge in [0.2, 0.25) is 0 Å². The van der Waals surface area contributed by atoms with E-state index in [2.05, 4.69) is 24.8 Å². The largest absolute Gasteiger partial charge is 0.389 e. The van der Waals surface area contributed by atoms with E-state index in [4.69, 9.17) is 0 Å². The molecule has 78 valence electrons. The van der Waals surface area contributed by atoms with Gasteiger partial charge in [0.1, 0.15) is 0 Å². The van der Waals surface area contributed by atoms with Crippen molar-refractivity contribution in [2.45, 2.75) is 26.9 Å². The molecule has 0 spiro atoms. The number of aliphatic hydroxyl groups excluding tert-OH is 1. The van der Waals surface area contributed by atoms with Crippen LogP contribution in [0.5, 0.6) is 0 Å². The molecule has 0 heterocycles. The van der Waals surface area contributed by atoms with Crippen LogP contribution in [0.15, 0.2) is 24.3 Å². The predicted molar refractivity (Wildman–Crippen MR) is 60.6 cm³/mol. The molecular formula is C12H19NO. The molecule has 0 aliphatic carbocycles. The molecule has 1 aromatic rings. The Morgan fingerprint density at radius 3 is 2.29 bits per heavy atom. The summed E-state index contributed by atoms with van der Waals surface area (Å²) in [6.45, 7) is 8.01. The number of nitrogens with zero attached hydrogens (tertiary/aromatic N) is 1. The molecule has 0 unspecified atom stereocenters. The quantitative estimate of drug-likeness (QED) is 0.794. The van der Waals surface area contributed by atoms with Crippen molar-refractivity contribution in [1.82, 2.24) is 0 Å². The Morgan fingerprint density at radius 1 is 1.21 bits per heavy atom. The van der Waals surface area contributed by atoms with E-state index in [1.54, 1.807) is 0 Å². The third-order valence-corrected chi connectivity index (χ3v) is 2.49. The predicted octanol–water partition coefficient (Wildman–Crippen LogP) is 2.59. The lowest BCUT2D eigenvalue weighted by Gasteiger charge is -2.25. The van der Waals surface area contributed by atoms with Crippen molar-refractivity contribution in [2.75, 3.05) is 18.0 Å². The molecule has 1 N–H and O–H groups in total. The summed E-state index contributed by atoms with van der Waals surface area (Å²) in [5, 5.41) is 9.62. The lowest BCUT2D eigenvalue weighted by atomic mass is 10.1. The monoisotopic (exact) mass is 193 g/mol. The number of hydrogen-bond donors (Lipinski definition) is 1. The van der Waals surface area contributed by atoms with Crippen LogP contribution in [0.4, 0.5) is 5.69 Å². The molecule has 14 heavy (non-hydrogen) atoms. The highest BCUT2D eigenvalue weighted by Gasteiger charge is 2.10. The zero-order valence-electron chi connectivity index (χ0n) is 9.20. The minimum Gasteiger partial charge on any atom is -0.389 e. The van der Waals surface area contributed by atoms with Crippen LogP contribution in [0, 0.1) is 0 Å². The van der Waals surface area contributed by atoms with Crippen molar-refractivity contribution < 1.29 is 5.11 Å². The fourth-order valence-corrected chi connectivity index (χ4v) is 1.69. The molecule has 1 aromatic carbocycles. The summed E-state index contributed by atoms with van der Waals surface area (Å²) in [6.07, 6.45) is -0.396. The number of anilines is 1. The zero-order chi connectivity index (χ0) is 10.6. The van der Waals surface area contributed by atoms with Gasteiger partial charge in [0.25, 0.3) is 0 Å². The molecule has 0 fully saturated rings. The van der Waals surface area contributed by atoms with E-state index in [1.165, 1.54) is 0 Å². The van der Waals surface area contributed by atoms with Gasteiger partial charge in [0.15, 0.2) is 0 Å². The molecule has 2 nitrogen and oxygen atoms in total. The number of hydrogen-bond acceptors (Lipinski definition) is 2. The van der Waals surface area contributed by atoms with Crippen LogP contribution in [0.1, 0.15) is 32.4 Å². The summed E-state index contributed by atoms with van der Waals surface area (Å²) in [5.74, 6) is 0. The van der Waals surface area contributed by atoms with Gasteiger partial charge < -0.3 is 10.0 Å². The molecule has 0 radical (unpaired) electrons. The van der Waals surface area contributed by atoms with Crippen LogP contribution in [-0.2, 0) is 0 Å². The van der Waals surface area contributed by atoms with E-state index in [9.17, 15) is 5.11 Å². The van der Waals surface area contributed by atoms with Crippen molar-refractivity contribution >= 4 is 5.69 Å². The molecule has 0 saturated heterocycles. The van der Waals surface area contributed by atoms with E-state index < -0.39 is 6.10 Å². The first kappa shape index (κ1) is 11.1. The molecule has 1 rings (SSSR count). The summed E-state index contributed by atoms with van der Waals surface area (Å²) in [6, 6.07) is 8.03. The molecule has 0 bridgehead atoms. The molecule has 0 saturated carbocycles. The van der Waals surface area contributed by atoms with Gasteiger partial charge in [-0.05, 0) is 26.8 Å². The van der Waals surface area contributed by atoms with Gasteiger partial charge in [-0.1, -0.05) is 18.2 Å². The van der Waals surface area contributed by atoms with Crippen LogP contribution >= 0.6 is 0 Å². The van der Waals surface area contributed by atoms with Gasteiger partial charge in [0.05, 0.1) is 6.10 Å². The number of rotatable bonds is 4. The Morgan fingerprint density at radius 2 is 1.79 bits per heavy atom. The first-order valence-electron chi connectivity index (χ1n) is 5.22. The van der Waals surface area contributed by atoms with E-state index in [0.717, 1.165) is 24.3 Å². The third-order valence-electron chi connectivity index (χ3n) is 2.49. The first-order chi connectivity index (χ1) is 6.70. The summed E-state index contributed by atoms with van der Waals surface area (Å²) >= 11 is 0. The van der Waals surface area contributed by atoms with Gasteiger partial charge >= 0.3 is 0 Å². The van der Waals surface area contributed by atoms with Crippen LogP contribution in [-0.4, -0.2) is 18.2 Å². The van der Waals surface area contributed by atoms with Crippen molar-refractivity contribution in [1.29, 1.82) is 0 Å². The summed E-state index contributed by atoms with van der Waals surface area (Å²) in [5.41, 5.74) is 2.16. The lowest BCUT2D eigenvalue weighted by molar-refractivity contribution is 0.199. The lowest BCUT2D eigenvalue weighted by Crippen LogP contribution is -2.23. The minimum atomic E-state index is -0.396. The van der Waals surface area contributed by atoms with E-state index in [0.29, 0.717) is 0 Å². The third kappa shape index (κ3) is 2.26. The van der Waals surface area contributed by atoms with E-state index >= 15 is 0 Å². The summed E-state index contributed by atoms with van der Waals surface area (Å²) in [4.78, 5) is 2.25. The minimum absolute atomic E-state index is 0.396. The Balaban J connectivity index is 3.05. The maximum atomic E-state index is 9.62. The van der Waals surface area contributed by atoms with Gasteiger partial charge in [-0.3, -0.25) is 0 Å². The maximum Gasteiger partial charge on any atom is 0.0781 e.